The maximum atomic E-state index is 10.4. The summed E-state index contributed by atoms with van der Waals surface area (Å²) in [5.41, 5.74) is 0. The van der Waals surface area contributed by atoms with Crippen LogP contribution in [-0.2, 0) is 11.2 Å². The maximum Gasteiger partial charge on any atom is 0.303 e. The van der Waals surface area contributed by atoms with Crippen LogP contribution in [-0.4, -0.2) is 21.2 Å². The Morgan fingerprint density at radius 3 is 2.78 bits per heavy atom. The lowest BCUT2D eigenvalue weighted by molar-refractivity contribution is -0.137. The van der Waals surface area contributed by atoms with E-state index in [1.54, 1.807) is 0 Å². The summed E-state index contributed by atoms with van der Waals surface area (Å²) in [5, 5.41) is 12.6. The van der Waals surface area contributed by atoms with Gasteiger partial charge in [0.25, 0.3) is 0 Å². The van der Waals surface area contributed by atoms with Crippen LogP contribution >= 0.6 is 0 Å². The average molecular weight is 252 g/mol. The second-order valence-electron chi connectivity index (χ2n) is 4.98. The molecule has 1 heterocycles. The van der Waals surface area contributed by atoms with E-state index in [0.29, 0.717) is 24.7 Å². The quantitative estimate of drug-likeness (QED) is 0.788. The van der Waals surface area contributed by atoms with Crippen LogP contribution in [0.5, 0.6) is 0 Å². The number of aromatic nitrogens is 2. The molecule has 5 heteroatoms. The van der Waals surface area contributed by atoms with Crippen molar-refractivity contribution in [1.29, 1.82) is 0 Å². The van der Waals surface area contributed by atoms with E-state index in [4.69, 9.17) is 9.63 Å². The Balaban J connectivity index is 1.76. The van der Waals surface area contributed by atoms with Gasteiger partial charge in [0.1, 0.15) is 0 Å². The van der Waals surface area contributed by atoms with E-state index < -0.39 is 5.97 Å². The molecule has 100 valence electrons. The van der Waals surface area contributed by atoms with Crippen LogP contribution in [0.4, 0.5) is 0 Å². The molecule has 0 atom stereocenters. The van der Waals surface area contributed by atoms with Crippen molar-refractivity contribution < 1.29 is 14.4 Å². The molecule has 1 aromatic heterocycles. The minimum absolute atomic E-state index is 0.212. The minimum Gasteiger partial charge on any atom is -0.481 e. The predicted molar refractivity (Wildman–Crippen MR) is 65.3 cm³/mol. The number of carboxylic acid groups (broad SMARTS) is 1. The number of hydrogen-bond donors (Lipinski definition) is 1. The Hall–Kier alpha value is -1.39. The summed E-state index contributed by atoms with van der Waals surface area (Å²) in [7, 11) is 0. The van der Waals surface area contributed by atoms with Gasteiger partial charge in [0.15, 0.2) is 5.82 Å². The SMILES string of the molecule is O=C(O)CCCCc1nc(C2CCCCC2)no1. The molecule has 1 fully saturated rings. The third kappa shape index (κ3) is 3.82. The molecule has 0 bridgehead atoms. The number of carboxylic acids is 1. The van der Waals surface area contributed by atoms with Crippen LogP contribution in [0, 0.1) is 0 Å². The van der Waals surface area contributed by atoms with E-state index in [0.717, 1.165) is 25.1 Å². The first-order chi connectivity index (χ1) is 8.75. The third-order valence-corrected chi connectivity index (χ3v) is 3.49. The number of nitrogens with zero attached hydrogens (tertiary/aromatic N) is 2. The van der Waals surface area contributed by atoms with Gasteiger partial charge in [0, 0.05) is 18.8 Å². The standard InChI is InChI=1S/C13H20N2O3/c16-12(17)9-5-4-8-11-14-13(15-18-11)10-6-2-1-3-7-10/h10H,1-9H2,(H,16,17). The van der Waals surface area contributed by atoms with Crippen molar-refractivity contribution in [2.24, 2.45) is 0 Å². The zero-order valence-corrected chi connectivity index (χ0v) is 10.6. The summed E-state index contributed by atoms with van der Waals surface area (Å²) in [5.74, 6) is 1.22. The van der Waals surface area contributed by atoms with E-state index in [-0.39, 0.29) is 6.42 Å². The number of unbranched alkanes of at least 4 members (excludes halogenated alkanes) is 1. The molecule has 5 nitrogen and oxygen atoms in total. The molecule has 0 amide bonds. The maximum absolute atomic E-state index is 10.4. The van der Waals surface area contributed by atoms with E-state index in [2.05, 4.69) is 10.1 Å². The molecule has 0 unspecified atom stereocenters. The summed E-state index contributed by atoms with van der Waals surface area (Å²) in [4.78, 5) is 14.8. The van der Waals surface area contributed by atoms with Crippen LogP contribution in [0.15, 0.2) is 4.52 Å². The van der Waals surface area contributed by atoms with Gasteiger partial charge < -0.3 is 9.63 Å². The molecule has 1 saturated carbocycles. The van der Waals surface area contributed by atoms with Crippen molar-refractivity contribution in [3.8, 4) is 0 Å². The van der Waals surface area contributed by atoms with Gasteiger partial charge in [0.05, 0.1) is 0 Å². The average Bonchev–Trinajstić information content (AvgIpc) is 2.84. The van der Waals surface area contributed by atoms with Crippen LogP contribution in [0.1, 0.15) is 69.0 Å². The van der Waals surface area contributed by atoms with Gasteiger partial charge in [-0.15, -0.1) is 0 Å². The molecule has 1 aliphatic carbocycles. The van der Waals surface area contributed by atoms with Crippen LogP contribution in [0.3, 0.4) is 0 Å². The van der Waals surface area contributed by atoms with Gasteiger partial charge in [-0.3, -0.25) is 4.79 Å². The predicted octanol–water partition coefficient (Wildman–Crippen LogP) is 2.91. The zero-order valence-electron chi connectivity index (χ0n) is 10.6. The number of hydrogen-bond acceptors (Lipinski definition) is 4. The fourth-order valence-corrected chi connectivity index (χ4v) is 2.45. The summed E-state index contributed by atoms with van der Waals surface area (Å²) in [6.45, 7) is 0. The smallest absolute Gasteiger partial charge is 0.303 e. The first-order valence-corrected chi connectivity index (χ1v) is 6.80. The van der Waals surface area contributed by atoms with Crippen molar-refractivity contribution in [2.45, 2.75) is 63.7 Å². The summed E-state index contributed by atoms with van der Waals surface area (Å²) in [6.07, 6.45) is 8.51. The van der Waals surface area contributed by atoms with Crippen LogP contribution in [0.25, 0.3) is 0 Å². The highest BCUT2D eigenvalue weighted by molar-refractivity contribution is 5.66. The molecule has 0 aromatic carbocycles. The number of aliphatic carboxylic acids is 1. The Morgan fingerprint density at radius 2 is 2.06 bits per heavy atom. The second-order valence-corrected chi connectivity index (χ2v) is 4.98. The molecule has 0 spiro atoms. The van der Waals surface area contributed by atoms with Crippen molar-refractivity contribution in [2.75, 3.05) is 0 Å². The molecular weight excluding hydrogens is 232 g/mol. The molecule has 1 aliphatic rings. The lowest BCUT2D eigenvalue weighted by Crippen LogP contribution is -2.06. The van der Waals surface area contributed by atoms with Gasteiger partial charge in [-0.05, 0) is 25.7 Å². The third-order valence-electron chi connectivity index (χ3n) is 3.49. The highest BCUT2D eigenvalue weighted by atomic mass is 16.5. The molecule has 0 saturated heterocycles. The molecule has 2 rings (SSSR count). The van der Waals surface area contributed by atoms with Crippen LogP contribution in [0.2, 0.25) is 0 Å². The van der Waals surface area contributed by atoms with Gasteiger partial charge in [-0.2, -0.15) is 4.98 Å². The second kappa shape index (κ2) is 6.52. The fraction of sp³-hybridized carbons (Fsp3) is 0.769. The molecular formula is C13H20N2O3. The molecule has 1 N–H and O–H groups in total. The summed E-state index contributed by atoms with van der Waals surface area (Å²) in [6, 6.07) is 0. The topological polar surface area (TPSA) is 76.2 Å². The first-order valence-electron chi connectivity index (χ1n) is 6.80. The van der Waals surface area contributed by atoms with Gasteiger partial charge in [0.2, 0.25) is 5.89 Å². The van der Waals surface area contributed by atoms with E-state index >= 15 is 0 Å². The normalized spacial score (nSPS) is 16.9. The van der Waals surface area contributed by atoms with Crippen molar-refractivity contribution in [1.82, 2.24) is 10.1 Å². The van der Waals surface area contributed by atoms with E-state index in [1.165, 1.54) is 19.3 Å². The van der Waals surface area contributed by atoms with E-state index in [9.17, 15) is 4.79 Å². The van der Waals surface area contributed by atoms with Crippen LogP contribution < -0.4 is 0 Å². The van der Waals surface area contributed by atoms with Gasteiger partial charge >= 0.3 is 5.97 Å². The fourth-order valence-electron chi connectivity index (χ4n) is 2.45. The van der Waals surface area contributed by atoms with E-state index in [1.807, 2.05) is 0 Å². The lowest BCUT2D eigenvalue weighted by Gasteiger charge is -2.17. The first kappa shape index (κ1) is 13.1. The monoisotopic (exact) mass is 252 g/mol. The largest absolute Gasteiger partial charge is 0.481 e. The Kier molecular flexibility index (Phi) is 4.73. The molecule has 18 heavy (non-hydrogen) atoms. The number of aryl methyl sites for hydroxylation is 1. The van der Waals surface area contributed by atoms with Gasteiger partial charge in [-0.1, -0.05) is 24.4 Å². The Labute approximate surface area is 107 Å². The molecule has 0 radical (unpaired) electrons. The Bertz CT molecular complexity index is 383. The Morgan fingerprint density at radius 1 is 1.28 bits per heavy atom. The highest BCUT2D eigenvalue weighted by Gasteiger charge is 2.20. The number of carbonyl (C=O) groups is 1. The van der Waals surface area contributed by atoms with Crippen molar-refractivity contribution >= 4 is 5.97 Å². The van der Waals surface area contributed by atoms with Crippen molar-refractivity contribution in [3.05, 3.63) is 11.7 Å². The summed E-state index contributed by atoms with van der Waals surface area (Å²) < 4.78 is 5.22. The molecule has 1 aromatic rings. The minimum atomic E-state index is -0.747. The lowest BCUT2D eigenvalue weighted by atomic mass is 9.89. The number of rotatable bonds is 6. The summed E-state index contributed by atoms with van der Waals surface area (Å²) >= 11 is 0. The van der Waals surface area contributed by atoms with Gasteiger partial charge in [-0.25, -0.2) is 0 Å². The molecule has 0 aliphatic heterocycles. The van der Waals surface area contributed by atoms with Crippen molar-refractivity contribution in [3.63, 3.8) is 0 Å². The highest BCUT2D eigenvalue weighted by Crippen LogP contribution is 2.30. The zero-order chi connectivity index (χ0) is 12.8.